The Morgan fingerprint density at radius 1 is 1.27 bits per heavy atom. The summed E-state index contributed by atoms with van der Waals surface area (Å²) in [6.45, 7) is 2.91. The summed E-state index contributed by atoms with van der Waals surface area (Å²) in [5.41, 5.74) is 0. The van der Waals surface area contributed by atoms with Gasteiger partial charge in [0.15, 0.2) is 0 Å². The van der Waals surface area contributed by atoms with E-state index in [1.165, 1.54) is 6.42 Å². The second-order valence-electron chi connectivity index (χ2n) is 4.12. The van der Waals surface area contributed by atoms with Gasteiger partial charge in [0, 0.05) is 6.54 Å². The van der Waals surface area contributed by atoms with Gasteiger partial charge in [-0.2, -0.15) is 13.2 Å². The molecule has 0 saturated carbocycles. The average Bonchev–Trinajstić information content (AvgIpc) is 2.61. The van der Waals surface area contributed by atoms with Gasteiger partial charge in [-0.1, -0.05) is 0 Å². The fraction of sp³-hybridized carbons (Fsp3) is 1.00. The van der Waals surface area contributed by atoms with Gasteiger partial charge in [0.25, 0.3) is 0 Å². The Morgan fingerprint density at radius 2 is 2.07 bits per heavy atom. The Morgan fingerprint density at radius 3 is 2.67 bits per heavy atom. The first-order chi connectivity index (χ1) is 7.08. The van der Waals surface area contributed by atoms with Crippen LogP contribution in [-0.2, 0) is 0 Å². The maximum Gasteiger partial charge on any atom is 0.390 e. The first-order valence-corrected chi connectivity index (χ1v) is 5.56. The van der Waals surface area contributed by atoms with Crippen molar-refractivity contribution in [2.75, 3.05) is 26.2 Å². The molecule has 0 bridgehead atoms. The Hall–Kier alpha value is -0.290. The van der Waals surface area contributed by atoms with Gasteiger partial charge in [0.2, 0.25) is 0 Å². The molecule has 0 aliphatic carbocycles. The Bertz CT molecular complexity index is 165. The van der Waals surface area contributed by atoms with Gasteiger partial charge in [0.1, 0.15) is 0 Å². The van der Waals surface area contributed by atoms with Gasteiger partial charge >= 0.3 is 6.18 Å². The summed E-state index contributed by atoms with van der Waals surface area (Å²) in [5, 5.41) is 6.10. The third-order valence-electron chi connectivity index (χ3n) is 2.71. The minimum absolute atomic E-state index is 0.0480. The molecule has 2 nitrogen and oxygen atoms in total. The fourth-order valence-corrected chi connectivity index (χ4v) is 1.83. The molecule has 1 saturated heterocycles. The lowest BCUT2D eigenvalue weighted by atomic mass is 10.0. The highest BCUT2D eigenvalue weighted by Crippen LogP contribution is 2.18. The van der Waals surface area contributed by atoms with Crippen LogP contribution >= 0.6 is 0 Å². The number of halogens is 3. The maximum atomic E-state index is 11.8. The molecular formula is C10H19F3N2. The quantitative estimate of drug-likeness (QED) is 0.673. The van der Waals surface area contributed by atoms with Gasteiger partial charge < -0.3 is 10.6 Å². The van der Waals surface area contributed by atoms with Crippen LogP contribution in [0.3, 0.4) is 0 Å². The average molecular weight is 224 g/mol. The van der Waals surface area contributed by atoms with Crippen LogP contribution in [0.4, 0.5) is 13.2 Å². The smallest absolute Gasteiger partial charge is 0.316 e. The number of hydrogen-bond acceptors (Lipinski definition) is 2. The number of rotatable bonds is 6. The molecule has 1 atom stereocenters. The van der Waals surface area contributed by atoms with Crippen LogP contribution in [0.15, 0.2) is 0 Å². The van der Waals surface area contributed by atoms with E-state index in [4.69, 9.17) is 0 Å². The lowest BCUT2D eigenvalue weighted by Crippen LogP contribution is -2.23. The van der Waals surface area contributed by atoms with Crippen molar-refractivity contribution >= 4 is 0 Å². The first kappa shape index (κ1) is 12.8. The van der Waals surface area contributed by atoms with E-state index < -0.39 is 12.6 Å². The van der Waals surface area contributed by atoms with E-state index in [9.17, 15) is 13.2 Å². The van der Waals surface area contributed by atoms with Crippen molar-refractivity contribution in [1.29, 1.82) is 0 Å². The van der Waals surface area contributed by atoms with Crippen molar-refractivity contribution < 1.29 is 13.2 Å². The molecule has 0 spiro atoms. The molecule has 1 aliphatic rings. The monoisotopic (exact) mass is 224 g/mol. The minimum atomic E-state index is -4.03. The molecule has 15 heavy (non-hydrogen) atoms. The summed E-state index contributed by atoms with van der Waals surface area (Å²) >= 11 is 0. The highest BCUT2D eigenvalue weighted by atomic mass is 19.4. The molecule has 1 heterocycles. The lowest BCUT2D eigenvalue weighted by molar-refractivity contribution is -0.133. The van der Waals surface area contributed by atoms with Gasteiger partial charge in [-0.05, 0) is 44.8 Å². The van der Waals surface area contributed by atoms with Crippen molar-refractivity contribution in [2.45, 2.75) is 31.9 Å². The predicted molar refractivity (Wildman–Crippen MR) is 53.8 cm³/mol. The van der Waals surface area contributed by atoms with Crippen molar-refractivity contribution in [3.8, 4) is 0 Å². The van der Waals surface area contributed by atoms with Crippen molar-refractivity contribution in [3.05, 3.63) is 0 Å². The zero-order chi connectivity index (χ0) is 11.1. The van der Waals surface area contributed by atoms with E-state index in [1.807, 2.05) is 0 Å². The van der Waals surface area contributed by atoms with Crippen LogP contribution in [0.5, 0.6) is 0 Å². The molecule has 90 valence electrons. The van der Waals surface area contributed by atoms with Crippen molar-refractivity contribution in [3.63, 3.8) is 0 Å². The van der Waals surface area contributed by atoms with Crippen molar-refractivity contribution in [1.82, 2.24) is 10.6 Å². The number of hydrogen-bond donors (Lipinski definition) is 2. The molecule has 1 rings (SSSR count). The standard InChI is InChI=1S/C10H19F3N2/c11-10(12,13)4-7-14-5-1-2-9-3-6-15-8-9/h9,14-15H,1-8H2. The van der Waals surface area contributed by atoms with Crippen LogP contribution in [0.1, 0.15) is 25.7 Å². The second kappa shape index (κ2) is 6.33. The third kappa shape index (κ3) is 6.73. The molecular weight excluding hydrogens is 205 g/mol. The number of alkyl halides is 3. The molecule has 0 radical (unpaired) electrons. The van der Waals surface area contributed by atoms with Crippen molar-refractivity contribution in [2.24, 2.45) is 5.92 Å². The molecule has 0 aromatic rings. The summed E-state index contributed by atoms with van der Waals surface area (Å²) < 4.78 is 35.3. The Balaban J connectivity index is 1.84. The van der Waals surface area contributed by atoms with E-state index in [-0.39, 0.29) is 6.54 Å². The molecule has 1 aliphatic heterocycles. The molecule has 0 aromatic carbocycles. The highest BCUT2D eigenvalue weighted by Gasteiger charge is 2.25. The molecule has 5 heteroatoms. The topological polar surface area (TPSA) is 24.1 Å². The zero-order valence-corrected chi connectivity index (χ0v) is 8.87. The fourth-order valence-electron chi connectivity index (χ4n) is 1.83. The van der Waals surface area contributed by atoms with E-state index in [1.54, 1.807) is 0 Å². The largest absolute Gasteiger partial charge is 0.390 e. The molecule has 1 unspecified atom stereocenters. The van der Waals surface area contributed by atoms with E-state index >= 15 is 0 Å². The Kier molecular flexibility index (Phi) is 5.39. The van der Waals surface area contributed by atoms with Gasteiger partial charge in [-0.25, -0.2) is 0 Å². The third-order valence-corrected chi connectivity index (χ3v) is 2.71. The van der Waals surface area contributed by atoms with Crippen LogP contribution in [0.25, 0.3) is 0 Å². The molecule has 2 N–H and O–H groups in total. The summed E-state index contributed by atoms with van der Waals surface area (Å²) in [4.78, 5) is 0. The number of nitrogens with one attached hydrogen (secondary N) is 2. The van der Waals surface area contributed by atoms with E-state index in [0.717, 1.165) is 31.8 Å². The predicted octanol–water partition coefficient (Wildman–Crippen LogP) is 1.92. The summed E-state index contributed by atoms with van der Waals surface area (Å²) in [6.07, 6.45) is -1.45. The SMILES string of the molecule is FC(F)(F)CCNCCCC1CCNC1. The normalized spacial score (nSPS) is 22.2. The van der Waals surface area contributed by atoms with Crippen LogP contribution in [0, 0.1) is 5.92 Å². The highest BCUT2D eigenvalue weighted by molar-refractivity contribution is 4.71. The second-order valence-corrected chi connectivity index (χ2v) is 4.12. The van der Waals surface area contributed by atoms with Gasteiger partial charge in [-0.15, -0.1) is 0 Å². The van der Waals surface area contributed by atoms with Gasteiger partial charge in [-0.3, -0.25) is 0 Å². The summed E-state index contributed by atoms with van der Waals surface area (Å²) in [5.74, 6) is 0.731. The van der Waals surface area contributed by atoms with E-state index in [0.29, 0.717) is 6.54 Å². The summed E-state index contributed by atoms with van der Waals surface area (Å²) in [6, 6.07) is 0. The maximum absolute atomic E-state index is 11.8. The zero-order valence-electron chi connectivity index (χ0n) is 8.87. The summed E-state index contributed by atoms with van der Waals surface area (Å²) in [7, 11) is 0. The van der Waals surface area contributed by atoms with Gasteiger partial charge in [0.05, 0.1) is 6.42 Å². The molecule has 0 amide bonds. The van der Waals surface area contributed by atoms with E-state index in [2.05, 4.69) is 10.6 Å². The minimum Gasteiger partial charge on any atom is -0.316 e. The van der Waals surface area contributed by atoms with Crippen LogP contribution in [0.2, 0.25) is 0 Å². The van der Waals surface area contributed by atoms with Crippen LogP contribution < -0.4 is 10.6 Å². The Labute approximate surface area is 88.6 Å². The molecule has 1 fully saturated rings. The van der Waals surface area contributed by atoms with Crippen LogP contribution in [-0.4, -0.2) is 32.4 Å². The molecule has 0 aromatic heterocycles. The first-order valence-electron chi connectivity index (χ1n) is 5.56. The lowest BCUT2D eigenvalue weighted by Gasteiger charge is -2.09.